The van der Waals surface area contributed by atoms with Crippen LogP contribution in [0.3, 0.4) is 0 Å². The minimum Gasteiger partial charge on any atom is -0.310 e. The van der Waals surface area contributed by atoms with Crippen molar-refractivity contribution in [1.82, 2.24) is 0 Å². The van der Waals surface area contributed by atoms with Gasteiger partial charge >= 0.3 is 0 Å². The van der Waals surface area contributed by atoms with E-state index >= 15 is 0 Å². The largest absolute Gasteiger partial charge is 0.310 e. The molecule has 9 rings (SSSR count). The van der Waals surface area contributed by atoms with Gasteiger partial charge in [-0.2, -0.15) is 0 Å². The number of hydrogen-bond acceptors (Lipinski definition) is 1. The fraction of sp³-hybridized carbons (Fsp3) is 0.0769. The molecule has 0 spiro atoms. The zero-order valence-corrected chi connectivity index (χ0v) is 32.1. The molecule has 0 saturated heterocycles. The van der Waals surface area contributed by atoms with E-state index in [1.54, 1.807) is 0 Å². The Balaban J connectivity index is 1.25. The normalized spacial score (nSPS) is 12.9. The lowest BCUT2D eigenvalue weighted by Crippen LogP contribution is -2.37. The summed E-state index contributed by atoms with van der Waals surface area (Å²) in [5.74, 6) is 0. The van der Waals surface area contributed by atoms with E-state index in [0.717, 1.165) is 17.1 Å². The summed E-state index contributed by atoms with van der Waals surface area (Å²) >= 11 is 0. The van der Waals surface area contributed by atoms with Gasteiger partial charge in [0.25, 0.3) is 0 Å². The van der Waals surface area contributed by atoms with Crippen molar-refractivity contribution < 1.29 is 0 Å². The van der Waals surface area contributed by atoms with Gasteiger partial charge in [-0.15, -0.1) is 0 Å². The van der Waals surface area contributed by atoms with Crippen LogP contribution in [-0.2, 0) is 5.41 Å². The van der Waals surface area contributed by atoms with E-state index < -0.39 is 13.5 Å². The van der Waals surface area contributed by atoms with Crippen LogP contribution < -0.4 is 10.1 Å². The Morgan fingerprint density at radius 2 is 0.796 bits per heavy atom. The molecule has 54 heavy (non-hydrogen) atoms. The molecule has 1 nitrogen and oxygen atoms in total. The second kappa shape index (κ2) is 13.6. The highest BCUT2D eigenvalue weighted by Crippen LogP contribution is 2.59. The van der Waals surface area contributed by atoms with Gasteiger partial charge in [-0.25, -0.2) is 0 Å². The van der Waals surface area contributed by atoms with E-state index in [4.69, 9.17) is 0 Å². The summed E-state index contributed by atoms with van der Waals surface area (Å²) in [4.78, 5) is 2.45. The Labute approximate surface area is 320 Å². The van der Waals surface area contributed by atoms with Crippen LogP contribution >= 0.6 is 0 Å². The minimum absolute atomic E-state index is 0.473. The summed E-state index contributed by atoms with van der Waals surface area (Å²) in [6.45, 7) is 7.21. The topological polar surface area (TPSA) is 3.24 Å². The van der Waals surface area contributed by atoms with Crippen molar-refractivity contribution in [2.75, 3.05) is 4.90 Å². The van der Waals surface area contributed by atoms with Crippen LogP contribution in [0.25, 0.3) is 33.4 Å². The molecule has 0 radical (unpaired) electrons. The number of hydrogen-bond donors (Lipinski definition) is 0. The maximum atomic E-state index is 2.45. The molecule has 8 aromatic rings. The highest BCUT2D eigenvalue weighted by Gasteiger charge is 2.47. The molecule has 2 heteroatoms. The van der Waals surface area contributed by atoms with Gasteiger partial charge in [0, 0.05) is 16.9 Å². The van der Waals surface area contributed by atoms with Gasteiger partial charge < -0.3 is 4.90 Å². The van der Waals surface area contributed by atoms with E-state index in [2.05, 4.69) is 231 Å². The number of fused-ring (bicyclic) bond motifs is 3. The molecule has 0 saturated carbocycles. The summed E-state index contributed by atoms with van der Waals surface area (Å²) in [5.41, 5.74) is 15.5. The Hall–Kier alpha value is -6.22. The molecule has 0 N–H and O–H groups in total. The van der Waals surface area contributed by atoms with E-state index in [0.29, 0.717) is 0 Å². The highest BCUT2D eigenvalue weighted by atomic mass is 28.3. The zero-order valence-electron chi connectivity index (χ0n) is 31.1. The number of nitrogens with zero attached hydrogens (tertiary/aromatic N) is 1. The third kappa shape index (κ3) is 5.71. The average molecular weight is 710 g/mol. The average Bonchev–Trinajstić information content (AvgIpc) is 3.54. The first-order valence-corrected chi connectivity index (χ1v) is 22.4. The fourth-order valence-corrected chi connectivity index (χ4v) is 9.65. The first-order valence-electron chi connectivity index (χ1n) is 18.9. The molecule has 0 unspecified atom stereocenters. The minimum atomic E-state index is -1.38. The molecule has 0 heterocycles. The Morgan fingerprint density at radius 3 is 1.31 bits per heavy atom. The number of rotatable bonds is 8. The lowest BCUT2D eigenvalue weighted by molar-refractivity contribution is 0.768. The molecule has 0 amide bonds. The molecule has 0 atom stereocenters. The summed E-state index contributed by atoms with van der Waals surface area (Å²) in [5, 5.41) is 1.48. The lowest BCUT2D eigenvalue weighted by atomic mass is 9.68. The third-order valence-electron chi connectivity index (χ3n) is 11.1. The lowest BCUT2D eigenvalue weighted by Gasteiger charge is -2.34. The Kier molecular flexibility index (Phi) is 8.49. The van der Waals surface area contributed by atoms with Crippen molar-refractivity contribution >= 4 is 30.3 Å². The molecule has 0 fully saturated rings. The van der Waals surface area contributed by atoms with Crippen molar-refractivity contribution in [1.29, 1.82) is 0 Å². The van der Waals surface area contributed by atoms with Crippen LogP contribution in [0.1, 0.15) is 22.3 Å². The molecule has 0 aromatic heterocycles. The van der Waals surface area contributed by atoms with Gasteiger partial charge in [0.1, 0.15) is 0 Å². The van der Waals surface area contributed by atoms with Crippen molar-refractivity contribution in [2.45, 2.75) is 25.1 Å². The Morgan fingerprint density at radius 1 is 0.370 bits per heavy atom. The smallest absolute Gasteiger partial charge is 0.0775 e. The Bertz CT molecular complexity index is 2490. The van der Waals surface area contributed by atoms with Crippen LogP contribution in [0, 0.1) is 0 Å². The van der Waals surface area contributed by atoms with Crippen molar-refractivity contribution in [3.05, 3.63) is 229 Å². The molecule has 260 valence electrons. The van der Waals surface area contributed by atoms with Gasteiger partial charge in [-0.05, 0) is 80.4 Å². The summed E-state index contributed by atoms with van der Waals surface area (Å²) in [7, 11) is -1.38. The van der Waals surface area contributed by atoms with E-state index in [-0.39, 0.29) is 0 Å². The predicted octanol–water partition coefficient (Wildman–Crippen LogP) is 13.4. The van der Waals surface area contributed by atoms with Gasteiger partial charge in [0.2, 0.25) is 0 Å². The van der Waals surface area contributed by atoms with Crippen LogP contribution in [0.2, 0.25) is 19.6 Å². The van der Waals surface area contributed by atoms with Crippen LogP contribution in [0.4, 0.5) is 17.1 Å². The maximum Gasteiger partial charge on any atom is 0.0775 e. The molecule has 1 aliphatic rings. The van der Waals surface area contributed by atoms with Crippen molar-refractivity contribution in [3.8, 4) is 33.4 Å². The molecule has 0 bridgehead atoms. The summed E-state index contributed by atoms with van der Waals surface area (Å²) in [6, 6.07) is 76.1. The predicted molar refractivity (Wildman–Crippen MR) is 232 cm³/mol. The van der Waals surface area contributed by atoms with Gasteiger partial charge in [-0.1, -0.05) is 201 Å². The second-order valence-corrected chi connectivity index (χ2v) is 20.4. The number of benzene rings is 8. The fourth-order valence-electron chi connectivity index (χ4n) is 8.49. The van der Waals surface area contributed by atoms with Crippen LogP contribution in [0.5, 0.6) is 0 Å². The zero-order chi connectivity index (χ0) is 36.7. The molecule has 1 aliphatic carbocycles. The van der Waals surface area contributed by atoms with E-state index in [1.165, 1.54) is 60.8 Å². The van der Waals surface area contributed by atoms with Gasteiger partial charge in [-0.3, -0.25) is 0 Å². The summed E-state index contributed by atoms with van der Waals surface area (Å²) in [6.07, 6.45) is 0. The molecular weight excluding hydrogens is 667 g/mol. The van der Waals surface area contributed by atoms with Crippen LogP contribution in [-0.4, -0.2) is 8.07 Å². The van der Waals surface area contributed by atoms with Gasteiger partial charge in [0.05, 0.1) is 19.2 Å². The van der Waals surface area contributed by atoms with Crippen LogP contribution in [0.15, 0.2) is 206 Å². The first kappa shape index (κ1) is 33.6. The maximum absolute atomic E-state index is 2.45. The third-order valence-corrected chi connectivity index (χ3v) is 13.2. The van der Waals surface area contributed by atoms with Gasteiger partial charge in [0.15, 0.2) is 0 Å². The standard InChI is InChI=1S/C52H43NSi/c1-54(2,3)46-36-30-41(31-37-46)40-28-34-45(35-29-40)53(44-32-26-39(27-33-44)38-16-7-4-8-17-38)50-25-15-24-49-51(50)47-22-13-14-23-48(47)52(49,42-18-9-5-10-19-42)43-20-11-6-12-21-43/h4-37H,1-3H3. The number of anilines is 3. The first-order chi connectivity index (χ1) is 26.4. The summed E-state index contributed by atoms with van der Waals surface area (Å²) < 4.78 is 0. The second-order valence-electron chi connectivity index (χ2n) is 15.3. The molecular formula is C52H43NSi. The quantitative estimate of drug-likeness (QED) is 0.142. The highest BCUT2D eigenvalue weighted by molar-refractivity contribution is 6.88. The monoisotopic (exact) mass is 709 g/mol. The van der Waals surface area contributed by atoms with E-state index in [9.17, 15) is 0 Å². The van der Waals surface area contributed by atoms with Crippen molar-refractivity contribution in [3.63, 3.8) is 0 Å². The molecule has 0 aliphatic heterocycles. The molecule has 8 aromatic carbocycles. The van der Waals surface area contributed by atoms with Crippen molar-refractivity contribution in [2.24, 2.45) is 0 Å². The SMILES string of the molecule is C[Si](C)(C)c1ccc(-c2ccc(N(c3ccc(-c4ccccc4)cc3)c3cccc4c3-c3ccccc3C4(c3ccccc3)c3ccccc3)cc2)cc1. The van der Waals surface area contributed by atoms with E-state index in [1.807, 2.05) is 0 Å².